The first-order valence-corrected chi connectivity index (χ1v) is 9.46. The fourth-order valence-corrected chi connectivity index (χ4v) is 3.42. The third-order valence-corrected chi connectivity index (χ3v) is 4.79. The van der Waals surface area contributed by atoms with Gasteiger partial charge in [-0.1, -0.05) is 40.2 Å². The second-order valence-corrected chi connectivity index (χ2v) is 7.07. The van der Waals surface area contributed by atoms with E-state index in [1.807, 2.05) is 54.6 Å². The minimum atomic E-state index is -0.409. The molecule has 0 saturated carbocycles. The van der Waals surface area contributed by atoms with Crippen molar-refractivity contribution in [2.75, 3.05) is 18.5 Å². The Labute approximate surface area is 161 Å². The average molecular weight is 417 g/mol. The maximum atomic E-state index is 12.5. The molecule has 1 heterocycles. The van der Waals surface area contributed by atoms with E-state index >= 15 is 0 Å². The van der Waals surface area contributed by atoms with Crippen molar-refractivity contribution in [3.05, 3.63) is 59.1 Å². The van der Waals surface area contributed by atoms with Gasteiger partial charge in [-0.05, 0) is 43.2 Å². The van der Waals surface area contributed by atoms with Crippen molar-refractivity contribution in [2.45, 2.75) is 25.3 Å². The van der Waals surface area contributed by atoms with Crippen LogP contribution in [0.4, 0.5) is 5.69 Å². The highest BCUT2D eigenvalue weighted by atomic mass is 79.9. The van der Waals surface area contributed by atoms with Crippen molar-refractivity contribution in [3.63, 3.8) is 0 Å². The standard InChI is InChI=1S/C20H21BrN2O3/c21-15-6-4-9-17(14-15)26-13-11-19(24)23-12-5-10-18(23)20(25)22-16-7-2-1-3-8-16/h1-4,6-9,14,18H,5,10-13H2,(H,22,25). The molecule has 0 spiro atoms. The van der Waals surface area contributed by atoms with E-state index in [1.54, 1.807) is 4.90 Å². The Morgan fingerprint density at radius 2 is 1.96 bits per heavy atom. The Morgan fingerprint density at radius 1 is 1.15 bits per heavy atom. The van der Waals surface area contributed by atoms with E-state index in [1.165, 1.54) is 0 Å². The molecular weight excluding hydrogens is 396 g/mol. The van der Waals surface area contributed by atoms with Gasteiger partial charge in [0.05, 0.1) is 13.0 Å². The first-order chi connectivity index (χ1) is 12.6. The van der Waals surface area contributed by atoms with Crippen LogP contribution in [0.5, 0.6) is 5.75 Å². The molecule has 1 aliphatic rings. The van der Waals surface area contributed by atoms with Gasteiger partial charge in [0, 0.05) is 16.7 Å². The minimum absolute atomic E-state index is 0.0503. The van der Waals surface area contributed by atoms with Gasteiger partial charge < -0.3 is 15.0 Å². The second kappa shape index (κ2) is 8.85. The summed E-state index contributed by atoms with van der Waals surface area (Å²) < 4.78 is 6.56. The van der Waals surface area contributed by atoms with E-state index in [0.29, 0.717) is 25.3 Å². The van der Waals surface area contributed by atoms with Crippen LogP contribution >= 0.6 is 15.9 Å². The Bertz CT molecular complexity index is 767. The van der Waals surface area contributed by atoms with E-state index in [0.717, 1.165) is 16.6 Å². The van der Waals surface area contributed by atoms with Gasteiger partial charge in [-0.3, -0.25) is 9.59 Å². The molecule has 0 aromatic heterocycles. The number of carbonyl (C=O) groups excluding carboxylic acids is 2. The van der Waals surface area contributed by atoms with Crippen molar-refractivity contribution in [1.82, 2.24) is 4.90 Å². The zero-order valence-corrected chi connectivity index (χ0v) is 15.9. The van der Waals surface area contributed by atoms with Crippen molar-refractivity contribution >= 4 is 33.4 Å². The smallest absolute Gasteiger partial charge is 0.247 e. The molecule has 6 heteroatoms. The van der Waals surface area contributed by atoms with Gasteiger partial charge in [0.2, 0.25) is 11.8 Å². The molecule has 26 heavy (non-hydrogen) atoms. The van der Waals surface area contributed by atoms with Crippen LogP contribution in [0.25, 0.3) is 0 Å². The predicted molar refractivity (Wildman–Crippen MR) is 104 cm³/mol. The van der Waals surface area contributed by atoms with Gasteiger partial charge in [0.25, 0.3) is 0 Å². The van der Waals surface area contributed by atoms with Crippen molar-refractivity contribution in [2.24, 2.45) is 0 Å². The zero-order valence-electron chi connectivity index (χ0n) is 14.4. The molecule has 0 radical (unpaired) electrons. The first-order valence-electron chi connectivity index (χ1n) is 8.67. The molecule has 1 aliphatic heterocycles. The number of anilines is 1. The number of hydrogen-bond acceptors (Lipinski definition) is 3. The topological polar surface area (TPSA) is 58.6 Å². The van der Waals surface area contributed by atoms with E-state index < -0.39 is 6.04 Å². The lowest BCUT2D eigenvalue weighted by atomic mass is 10.2. The van der Waals surface area contributed by atoms with E-state index in [2.05, 4.69) is 21.2 Å². The number of halogens is 1. The monoisotopic (exact) mass is 416 g/mol. The summed E-state index contributed by atoms with van der Waals surface area (Å²) in [6.07, 6.45) is 1.78. The highest BCUT2D eigenvalue weighted by Crippen LogP contribution is 2.21. The molecule has 2 aromatic carbocycles. The number of nitrogens with one attached hydrogen (secondary N) is 1. The lowest BCUT2D eigenvalue weighted by Gasteiger charge is -2.24. The highest BCUT2D eigenvalue weighted by Gasteiger charge is 2.33. The normalized spacial score (nSPS) is 16.3. The largest absolute Gasteiger partial charge is 0.493 e. The van der Waals surface area contributed by atoms with E-state index in [9.17, 15) is 9.59 Å². The minimum Gasteiger partial charge on any atom is -0.493 e. The van der Waals surface area contributed by atoms with Crippen molar-refractivity contribution in [3.8, 4) is 5.75 Å². The second-order valence-electron chi connectivity index (χ2n) is 6.16. The average Bonchev–Trinajstić information content (AvgIpc) is 3.12. The van der Waals surface area contributed by atoms with Crippen LogP contribution in [0.1, 0.15) is 19.3 Å². The van der Waals surface area contributed by atoms with Crippen molar-refractivity contribution in [1.29, 1.82) is 0 Å². The van der Waals surface area contributed by atoms with Gasteiger partial charge in [0.1, 0.15) is 11.8 Å². The maximum absolute atomic E-state index is 12.5. The summed E-state index contributed by atoms with van der Waals surface area (Å²) in [5.74, 6) is 0.535. The number of amides is 2. The molecule has 1 atom stereocenters. The van der Waals surface area contributed by atoms with Gasteiger partial charge in [-0.2, -0.15) is 0 Å². The number of ether oxygens (including phenoxy) is 1. The summed E-state index contributed by atoms with van der Waals surface area (Å²) in [4.78, 5) is 26.7. The van der Waals surface area contributed by atoms with Crippen LogP contribution in [-0.4, -0.2) is 35.9 Å². The van der Waals surface area contributed by atoms with Crippen LogP contribution < -0.4 is 10.1 Å². The Hall–Kier alpha value is -2.34. The maximum Gasteiger partial charge on any atom is 0.247 e. The lowest BCUT2D eigenvalue weighted by molar-refractivity contribution is -0.137. The SMILES string of the molecule is O=C(Nc1ccccc1)C1CCCN1C(=O)CCOc1cccc(Br)c1. The number of hydrogen-bond donors (Lipinski definition) is 1. The molecule has 1 unspecified atom stereocenters. The molecule has 5 nitrogen and oxygen atoms in total. The third-order valence-electron chi connectivity index (χ3n) is 4.30. The molecule has 1 fully saturated rings. The molecular formula is C20H21BrN2O3. The molecule has 1 saturated heterocycles. The Kier molecular flexibility index (Phi) is 6.28. The van der Waals surface area contributed by atoms with Crippen LogP contribution in [0, 0.1) is 0 Å². The summed E-state index contributed by atoms with van der Waals surface area (Å²) in [6.45, 7) is 0.904. The number of nitrogens with zero attached hydrogens (tertiary/aromatic N) is 1. The molecule has 1 N–H and O–H groups in total. The molecule has 3 rings (SSSR count). The van der Waals surface area contributed by atoms with Crippen LogP contribution in [0.15, 0.2) is 59.1 Å². The van der Waals surface area contributed by atoms with Gasteiger partial charge in [0.15, 0.2) is 0 Å². The zero-order chi connectivity index (χ0) is 18.4. The van der Waals surface area contributed by atoms with Crippen LogP contribution in [0.2, 0.25) is 0 Å². The van der Waals surface area contributed by atoms with Crippen LogP contribution in [-0.2, 0) is 9.59 Å². The Balaban J connectivity index is 1.52. The predicted octanol–water partition coefficient (Wildman–Crippen LogP) is 3.85. The fourth-order valence-electron chi connectivity index (χ4n) is 3.04. The lowest BCUT2D eigenvalue weighted by Crippen LogP contribution is -2.43. The third kappa shape index (κ3) is 4.85. The molecule has 2 amide bonds. The summed E-state index contributed by atoms with van der Waals surface area (Å²) in [5.41, 5.74) is 0.745. The van der Waals surface area contributed by atoms with E-state index in [4.69, 9.17) is 4.74 Å². The Morgan fingerprint density at radius 3 is 2.73 bits per heavy atom. The molecule has 0 aliphatic carbocycles. The first kappa shape index (κ1) is 18.5. The van der Waals surface area contributed by atoms with E-state index in [-0.39, 0.29) is 18.2 Å². The summed E-state index contributed by atoms with van der Waals surface area (Å²) in [5, 5.41) is 2.89. The molecule has 2 aromatic rings. The quantitative estimate of drug-likeness (QED) is 0.777. The number of likely N-dealkylation sites (tertiary alicyclic amines) is 1. The molecule has 0 bridgehead atoms. The fraction of sp³-hybridized carbons (Fsp3) is 0.300. The number of para-hydroxylation sites is 1. The summed E-state index contributed by atoms with van der Waals surface area (Å²) >= 11 is 3.39. The van der Waals surface area contributed by atoms with Gasteiger partial charge in [-0.25, -0.2) is 0 Å². The van der Waals surface area contributed by atoms with Crippen LogP contribution in [0.3, 0.4) is 0 Å². The number of carbonyl (C=O) groups is 2. The highest BCUT2D eigenvalue weighted by molar-refractivity contribution is 9.10. The number of benzene rings is 2. The molecule has 136 valence electrons. The van der Waals surface area contributed by atoms with Crippen molar-refractivity contribution < 1.29 is 14.3 Å². The number of rotatable bonds is 6. The summed E-state index contributed by atoms with van der Waals surface area (Å²) in [6, 6.07) is 16.4. The van der Waals surface area contributed by atoms with Gasteiger partial charge >= 0.3 is 0 Å². The summed E-state index contributed by atoms with van der Waals surface area (Å²) in [7, 11) is 0. The van der Waals surface area contributed by atoms with Gasteiger partial charge in [-0.15, -0.1) is 0 Å².